The molecule has 1 atom stereocenters. The fraction of sp³-hybridized carbons (Fsp3) is 0.833. The van der Waals surface area contributed by atoms with E-state index in [2.05, 4.69) is 20.2 Å². The summed E-state index contributed by atoms with van der Waals surface area (Å²) in [4.78, 5) is 3.98. The highest BCUT2D eigenvalue weighted by Crippen LogP contribution is 2.18. The summed E-state index contributed by atoms with van der Waals surface area (Å²) in [6.07, 6.45) is 1.95. The van der Waals surface area contributed by atoms with Crippen molar-refractivity contribution >= 4 is 10.2 Å². The van der Waals surface area contributed by atoms with E-state index in [0.29, 0.717) is 30.7 Å². The Hall–Kier alpha value is -1.03. The molecule has 1 unspecified atom stereocenters. The minimum Gasteiger partial charge on any atom is -0.340 e. The number of aryl methyl sites for hydroxylation is 1. The molecule has 2 rings (SSSR count). The lowest BCUT2D eigenvalue weighted by atomic mass is 10.00. The molecule has 0 bridgehead atoms. The Morgan fingerprint density at radius 3 is 2.95 bits per heavy atom. The first-order valence-corrected chi connectivity index (χ1v) is 8.70. The number of rotatable bonds is 7. The normalized spacial score (nSPS) is 20.8. The van der Waals surface area contributed by atoms with E-state index in [1.54, 1.807) is 6.92 Å². The monoisotopic (exact) mass is 317 g/mol. The highest BCUT2D eigenvalue weighted by molar-refractivity contribution is 7.87. The van der Waals surface area contributed by atoms with Crippen LogP contribution in [0.1, 0.15) is 31.5 Å². The van der Waals surface area contributed by atoms with E-state index in [1.807, 2.05) is 6.92 Å². The van der Waals surface area contributed by atoms with E-state index in [-0.39, 0.29) is 6.54 Å². The number of hydrogen-bond donors (Lipinski definition) is 2. The fourth-order valence-electron chi connectivity index (χ4n) is 2.42. The molecule has 0 spiro atoms. The number of aromatic nitrogens is 2. The van der Waals surface area contributed by atoms with Crippen molar-refractivity contribution in [3.8, 4) is 0 Å². The van der Waals surface area contributed by atoms with E-state index in [0.717, 1.165) is 25.9 Å². The predicted octanol–water partition coefficient (Wildman–Crippen LogP) is 0.0339. The summed E-state index contributed by atoms with van der Waals surface area (Å²) in [5.41, 5.74) is 0. The van der Waals surface area contributed by atoms with E-state index in [9.17, 15) is 8.42 Å². The van der Waals surface area contributed by atoms with Crippen LogP contribution in [0.25, 0.3) is 0 Å². The summed E-state index contributed by atoms with van der Waals surface area (Å²) in [6, 6.07) is 0. The van der Waals surface area contributed by atoms with Gasteiger partial charge in [0.15, 0.2) is 5.82 Å². The molecule has 1 aliphatic heterocycles. The Labute approximate surface area is 125 Å². The van der Waals surface area contributed by atoms with Crippen molar-refractivity contribution in [3.63, 3.8) is 0 Å². The lowest BCUT2D eigenvalue weighted by molar-refractivity contribution is 0.258. The zero-order chi connectivity index (χ0) is 15.3. The molecule has 1 saturated heterocycles. The van der Waals surface area contributed by atoms with Gasteiger partial charge in [-0.25, -0.2) is 0 Å². The summed E-state index contributed by atoms with van der Waals surface area (Å²) in [7, 11) is -3.50. The molecule has 9 heteroatoms. The van der Waals surface area contributed by atoms with E-state index in [1.165, 1.54) is 4.31 Å². The summed E-state index contributed by atoms with van der Waals surface area (Å²) in [5, 5.41) is 6.95. The predicted molar refractivity (Wildman–Crippen MR) is 77.6 cm³/mol. The molecule has 2 heterocycles. The zero-order valence-corrected chi connectivity index (χ0v) is 13.3. The Morgan fingerprint density at radius 2 is 2.29 bits per heavy atom. The van der Waals surface area contributed by atoms with Crippen LogP contribution >= 0.6 is 0 Å². The van der Waals surface area contributed by atoms with Gasteiger partial charge >= 0.3 is 0 Å². The standard InChI is InChI=1S/C12H23N5O3S/c1-3-13-7-11-5-4-6-17(9-11)21(18,19)14-8-12-15-10(2)20-16-12/h11,13-14H,3-9H2,1-2H3. The minimum atomic E-state index is -3.50. The van der Waals surface area contributed by atoms with Gasteiger partial charge in [0.25, 0.3) is 10.2 Å². The Balaban J connectivity index is 1.89. The maximum Gasteiger partial charge on any atom is 0.279 e. The van der Waals surface area contributed by atoms with Crippen LogP contribution in [0.15, 0.2) is 4.52 Å². The van der Waals surface area contributed by atoms with Crippen LogP contribution < -0.4 is 10.0 Å². The van der Waals surface area contributed by atoms with Crippen molar-refractivity contribution in [2.24, 2.45) is 5.92 Å². The first-order valence-electron chi connectivity index (χ1n) is 7.26. The molecule has 0 aliphatic carbocycles. The number of nitrogens with one attached hydrogen (secondary N) is 2. The third-order valence-electron chi connectivity index (χ3n) is 3.49. The second kappa shape index (κ2) is 7.30. The van der Waals surface area contributed by atoms with Crippen LogP contribution in [0.2, 0.25) is 0 Å². The molecule has 0 saturated carbocycles. The van der Waals surface area contributed by atoms with Crippen molar-refractivity contribution in [2.75, 3.05) is 26.2 Å². The van der Waals surface area contributed by atoms with Gasteiger partial charge in [-0.3, -0.25) is 0 Å². The third kappa shape index (κ3) is 4.73. The van der Waals surface area contributed by atoms with Crippen LogP contribution in [-0.2, 0) is 16.8 Å². The maximum atomic E-state index is 12.3. The molecular formula is C12H23N5O3S. The number of hydrogen-bond acceptors (Lipinski definition) is 6. The van der Waals surface area contributed by atoms with Crippen LogP contribution in [0.5, 0.6) is 0 Å². The molecule has 120 valence electrons. The van der Waals surface area contributed by atoms with E-state index >= 15 is 0 Å². The Morgan fingerprint density at radius 1 is 1.48 bits per heavy atom. The van der Waals surface area contributed by atoms with E-state index in [4.69, 9.17) is 4.52 Å². The first kappa shape index (κ1) is 16.3. The molecule has 1 aliphatic rings. The first-order chi connectivity index (χ1) is 10.0. The molecule has 21 heavy (non-hydrogen) atoms. The van der Waals surface area contributed by atoms with Crippen molar-refractivity contribution in [1.82, 2.24) is 24.5 Å². The van der Waals surface area contributed by atoms with Crippen LogP contribution in [-0.4, -0.2) is 49.0 Å². The fourth-order valence-corrected chi connectivity index (χ4v) is 3.69. The van der Waals surface area contributed by atoms with Crippen molar-refractivity contribution in [2.45, 2.75) is 33.2 Å². The molecule has 2 N–H and O–H groups in total. The van der Waals surface area contributed by atoms with Crippen LogP contribution in [0.4, 0.5) is 0 Å². The van der Waals surface area contributed by atoms with Gasteiger partial charge in [-0.1, -0.05) is 12.1 Å². The smallest absolute Gasteiger partial charge is 0.279 e. The maximum absolute atomic E-state index is 12.3. The SMILES string of the molecule is CCNCC1CCCN(S(=O)(=O)NCc2noc(C)n2)C1. The topological polar surface area (TPSA) is 100 Å². The summed E-state index contributed by atoms with van der Waals surface area (Å²) >= 11 is 0. The van der Waals surface area contributed by atoms with Gasteiger partial charge in [0.1, 0.15) is 0 Å². The molecule has 1 aromatic rings. The molecule has 8 nitrogen and oxygen atoms in total. The average molecular weight is 317 g/mol. The van der Waals surface area contributed by atoms with Crippen molar-refractivity contribution in [3.05, 3.63) is 11.7 Å². The van der Waals surface area contributed by atoms with Crippen molar-refractivity contribution in [1.29, 1.82) is 0 Å². The molecule has 0 radical (unpaired) electrons. The van der Waals surface area contributed by atoms with Gasteiger partial charge in [0.2, 0.25) is 5.89 Å². The summed E-state index contributed by atoms with van der Waals surface area (Å²) < 4.78 is 33.4. The van der Waals surface area contributed by atoms with Gasteiger partial charge < -0.3 is 9.84 Å². The van der Waals surface area contributed by atoms with Crippen LogP contribution in [0, 0.1) is 12.8 Å². The Kier molecular flexibility index (Phi) is 5.68. The average Bonchev–Trinajstić information content (AvgIpc) is 2.89. The molecule has 0 aromatic carbocycles. The van der Waals surface area contributed by atoms with Crippen LogP contribution in [0.3, 0.4) is 0 Å². The van der Waals surface area contributed by atoms with Gasteiger partial charge in [0, 0.05) is 20.0 Å². The molecular weight excluding hydrogens is 294 g/mol. The number of piperidine rings is 1. The van der Waals surface area contributed by atoms with Gasteiger partial charge in [0.05, 0.1) is 6.54 Å². The third-order valence-corrected chi connectivity index (χ3v) is 5.01. The highest BCUT2D eigenvalue weighted by atomic mass is 32.2. The summed E-state index contributed by atoms with van der Waals surface area (Å²) in [6.45, 7) is 6.63. The molecule has 1 aromatic heterocycles. The highest BCUT2D eigenvalue weighted by Gasteiger charge is 2.28. The van der Waals surface area contributed by atoms with E-state index < -0.39 is 10.2 Å². The lowest BCUT2D eigenvalue weighted by Crippen LogP contribution is -2.47. The van der Waals surface area contributed by atoms with Crippen molar-refractivity contribution < 1.29 is 12.9 Å². The quantitative estimate of drug-likeness (QED) is 0.736. The van der Waals surface area contributed by atoms with Gasteiger partial charge in [-0.2, -0.15) is 22.4 Å². The second-order valence-electron chi connectivity index (χ2n) is 5.23. The largest absolute Gasteiger partial charge is 0.340 e. The van der Waals surface area contributed by atoms with Gasteiger partial charge in [-0.05, 0) is 31.8 Å². The molecule has 0 amide bonds. The lowest BCUT2D eigenvalue weighted by Gasteiger charge is -2.31. The molecule has 1 fully saturated rings. The van der Waals surface area contributed by atoms with Gasteiger partial charge in [-0.15, -0.1) is 0 Å². The number of nitrogens with zero attached hydrogens (tertiary/aromatic N) is 3. The zero-order valence-electron chi connectivity index (χ0n) is 12.5. The summed E-state index contributed by atoms with van der Waals surface area (Å²) in [5.74, 6) is 1.13. The second-order valence-corrected chi connectivity index (χ2v) is 6.98. The minimum absolute atomic E-state index is 0.0497. The Bertz CT molecular complexity index is 545.